The van der Waals surface area contributed by atoms with Crippen molar-refractivity contribution in [3.8, 4) is 0 Å². The first-order valence-electron chi connectivity index (χ1n) is 22.9. The summed E-state index contributed by atoms with van der Waals surface area (Å²) in [5.41, 5.74) is 22.1. The molecule has 67 heavy (non-hydrogen) atoms. The van der Waals surface area contributed by atoms with Crippen LogP contribution in [0.3, 0.4) is 0 Å². The Kier molecular flexibility index (Phi) is 26.2. The molecular weight excluding hydrogens is 879 g/mol. The van der Waals surface area contributed by atoms with Crippen molar-refractivity contribution >= 4 is 65.1 Å². The van der Waals surface area contributed by atoms with E-state index < -0.39 is 133 Å². The first-order valence-corrected chi connectivity index (χ1v) is 22.9. The van der Waals surface area contributed by atoms with Crippen LogP contribution in [0.2, 0.25) is 0 Å². The molecular formula is C43H75N11O13. The smallest absolute Gasteiger partial charge is 0.326 e. The molecule has 16 N–H and O–H groups in total. The van der Waals surface area contributed by atoms with E-state index in [0.717, 1.165) is 0 Å². The van der Waals surface area contributed by atoms with Crippen LogP contribution in [0.5, 0.6) is 0 Å². The van der Waals surface area contributed by atoms with Crippen molar-refractivity contribution in [3.63, 3.8) is 0 Å². The van der Waals surface area contributed by atoms with Gasteiger partial charge in [0.15, 0.2) is 0 Å². The normalized spacial score (nSPS) is 16.7. The van der Waals surface area contributed by atoms with Gasteiger partial charge in [0, 0.05) is 19.4 Å². The van der Waals surface area contributed by atoms with Crippen molar-refractivity contribution in [2.24, 2.45) is 40.7 Å². The van der Waals surface area contributed by atoms with Crippen LogP contribution < -0.4 is 54.8 Å². The molecule has 0 spiro atoms. The van der Waals surface area contributed by atoms with Crippen LogP contribution in [0.15, 0.2) is 0 Å². The van der Waals surface area contributed by atoms with E-state index in [1.54, 1.807) is 27.7 Å². The summed E-state index contributed by atoms with van der Waals surface area (Å²) >= 11 is 0. The number of likely N-dealkylation sites (tertiary alicyclic amines) is 1. The minimum absolute atomic E-state index is 0.00866. The quantitative estimate of drug-likeness (QED) is 0.0312. The highest BCUT2D eigenvalue weighted by Gasteiger charge is 2.40. The van der Waals surface area contributed by atoms with Crippen molar-refractivity contribution in [2.45, 2.75) is 173 Å². The van der Waals surface area contributed by atoms with Crippen LogP contribution >= 0.6 is 0 Å². The van der Waals surface area contributed by atoms with Crippen LogP contribution in [0, 0.1) is 17.8 Å². The number of unbranched alkanes of at least 4 members (excludes halogenated alkanes) is 1. The Balaban J connectivity index is 3.43. The summed E-state index contributed by atoms with van der Waals surface area (Å²) < 4.78 is 0. The third kappa shape index (κ3) is 22.4. The van der Waals surface area contributed by atoms with Crippen molar-refractivity contribution in [1.29, 1.82) is 0 Å². The predicted molar refractivity (Wildman–Crippen MR) is 242 cm³/mol. The highest BCUT2D eigenvalue weighted by molar-refractivity contribution is 5.98. The second kappa shape index (κ2) is 29.7. The van der Waals surface area contributed by atoms with Crippen molar-refractivity contribution in [3.05, 3.63) is 0 Å². The Labute approximate surface area is 391 Å². The molecule has 0 unspecified atom stereocenters. The molecule has 380 valence electrons. The molecule has 1 aliphatic rings. The van der Waals surface area contributed by atoms with E-state index in [1.807, 2.05) is 13.8 Å². The summed E-state index contributed by atoms with van der Waals surface area (Å²) in [4.78, 5) is 144. The predicted octanol–water partition coefficient (Wildman–Crippen LogP) is -2.43. The molecule has 9 amide bonds. The van der Waals surface area contributed by atoms with Gasteiger partial charge in [-0.3, -0.25) is 47.9 Å². The van der Waals surface area contributed by atoms with Gasteiger partial charge in [-0.15, -0.1) is 0 Å². The summed E-state index contributed by atoms with van der Waals surface area (Å²) in [5, 5.41) is 34.2. The minimum Gasteiger partial charge on any atom is -0.481 e. The van der Waals surface area contributed by atoms with Gasteiger partial charge in [0.1, 0.15) is 42.3 Å². The fraction of sp³-hybridized carbons (Fsp3) is 0.744. The van der Waals surface area contributed by atoms with Crippen LogP contribution in [-0.4, -0.2) is 142 Å². The van der Waals surface area contributed by atoms with Crippen molar-refractivity contribution in [1.82, 2.24) is 36.8 Å². The zero-order valence-electron chi connectivity index (χ0n) is 39.6. The molecule has 0 aromatic rings. The average molecular weight is 954 g/mol. The van der Waals surface area contributed by atoms with E-state index in [9.17, 15) is 63.0 Å². The first-order chi connectivity index (χ1) is 31.3. The van der Waals surface area contributed by atoms with Gasteiger partial charge in [-0.1, -0.05) is 41.5 Å². The third-order valence-corrected chi connectivity index (χ3v) is 10.8. The van der Waals surface area contributed by atoms with E-state index in [4.69, 9.17) is 22.9 Å². The fourth-order valence-corrected chi connectivity index (χ4v) is 7.39. The monoisotopic (exact) mass is 954 g/mol. The van der Waals surface area contributed by atoms with E-state index in [2.05, 4.69) is 31.9 Å². The maximum Gasteiger partial charge on any atom is 0.326 e. The molecule has 8 atom stereocenters. The Morgan fingerprint density at radius 1 is 0.567 bits per heavy atom. The number of carbonyl (C=O) groups is 11. The number of carboxylic acids is 2. The number of carbonyl (C=O) groups excluding carboxylic acids is 9. The number of carboxylic acid groups (broad SMARTS) is 2. The number of rotatable bonds is 32. The summed E-state index contributed by atoms with van der Waals surface area (Å²) in [5.74, 6) is -10.5. The van der Waals surface area contributed by atoms with E-state index in [0.29, 0.717) is 19.3 Å². The number of hydrogen-bond donors (Lipinski definition) is 12. The lowest BCUT2D eigenvalue weighted by molar-refractivity contribution is -0.143. The van der Waals surface area contributed by atoms with Gasteiger partial charge >= 0.3 is 11.9 Å². The Hall–Kier alpha value is -5.91. The summed E-state index contributed by atoms with van der Waals surface area (Å²) in [6, 6.07) is -10.6. The molecule has 1 saturated heterocycles. The summed E-state index contributed by atoms with van der Waals surface area (Å²) in [6.07, 6.45) is -0.621. The highest BCUT2D eigenvalue weighted by Crippen LogP contribution is 2.21. The maximum atomic E-state index is 14.0. The number of primary amides is 2. The Morgan fingerprint density at radius 2 is 1.01 bits per heavy atom. The van der Waals surface area contributed by atoms with Gasteiger partial charge in [-0.2, -0.15) is 0 Å². The molecule has 0 aromatic heterocycles. The van der Waals surface area contributed by atoms with E-state index >= 15 is 0 Å². The molecule has 1 rings (SSSR count). The number of nitrogens with one attached hydrogen (secondary N) is 6. The molecule has 0 saturated carbocycles. The lowest BCUT2D eigenvalue weighted by Gasteiger charge is -2.31. The molecule has 1 aliphatic heterocycles. The molecule has 0 bridgehead atoms. The zero-order valence-corrected chi connectivity index (χ0v) is 39.6. The number of nitrogens with two attached hydrogens (primary N) is 4. The summed E-state index contributed by atoms with van der Waals surface area (Å²) in [7, 11) is 0. The van der Waals surface area contributed by atoms with Crippen molar-refractivity contribution in [2.75, 3.05) is 13.1 Å². The van der Waals surface area contributed by atoms with E-state index in [1.165, 1.54) is 4.90 Å². The van der Waals surface area contributed by atoms with E-state index in [-0.39, 0.29) is 75.8 Å². The van der Waals surface area contributed by atoms with Gasteiger partial charge < -0.3 is 69.9 Å². The maximum absolute atomic E-state index is 14.0. The van der Waals surface area contributed by atoms with Gasteiger partial charge in [0.05, 0.1) is 12.5 Å². The van der Waals surface area contributed by atoms with Crippen molar-refractivity contribution < 1.29 is 63.0 Å². The number of amides is 9. The fourth-order valence-electron chi connectivity index (χ4n) is 7.39. The SMILES string of the molecule is CC(C)C[C@H](NC(=O)[C@H](CCC(=O)O)NC(=O)[C@H](CCCCN)NC(=O)[C@H](CC(C)C)NC(=O)[C@H](CCC(N)=O)NC(=O)[C@@H]1CCCN1C(=O)[C@H](CC(C)C)NC(=O)[C@@H](N)CC(N)=O)C(=O)O. The van der Waals surface area contributed by atoms with Crippen LogP contribution in [0.1, 0.15) is 125 Å². The average Bonchev–Trinajstić information content (AvgIpc) is 3.71. The molecule has 0 radical (unpaired) electrons. The molecule has 24 nitrogen and oxygen atoms in total. The third-order valence-electron chi connectivity index (χ3n) is 10.8. The Bertz CT molecular complexity index is 1740. The highest BCUT2D eigenvalue weighted by atomic mass is 16.4. The van der Waals surface area contributed by atoms with Crippen LogP contribution in [-0.2, 0) is 52.7 Å². The van der Waals surface area contributed by atoms with Gasteiger partial charge in [0.2, 0.25) is 53.2 Å². The van der Waals surface area contributed by atoms with Crippen LogP contribution in [0.4, 0.5) is 0 Å². The molecule has 0 aliphatic carbocycles. The van der Waals surface area contributed by atoms with Crippen LogP contribution in [0.25, 0.3) is 0 Å². The second-order valence-corrected chi connectivity index (χ2v) is 18.3. The summed E-state index contributed by atoms with van der Waals surface area (Å²) in [6.45, 7) is 11.0. The number of aliphatic carboxylic acids is 2. The second-order valence-electron chi connectivity index (χ2n) is 18.3. The zero-order chi connectivity index (χ0) is 51.1. The first kappa shape index (κ1) is 59.1. The number of hydrogen-bond acceptors (Lipinski definition) is 13. The van der Waals surface area contributed by atoms with Gasteiger partial charge in [-0.05, 0) is 88.5 Å². The molecule has 0 aromatic carbocycles. The van der Waals surface area contributed by atoms with Gasteiger partial charge in [0.25, 0.3) is 0 Å². The largest absolute Gasteiger partial charge is 0.481 e. The lowest BCUT2D eigenvalue weighted by Crippen LogP contribution is -2.60. The number of nitrogens with zero attached hydrogens (tertiary/aromatic N) is 1. The molecule has 24 heteroatoms. The lowest BCUT2D eigenvalue weighted by atomic mass is 10.00. The Morgan fingerprint density at radius 3 is 1.51 bits per heavy atom. The minimum atomic E-state index is -1.51. The standard InChI is InChI=1S/C43H75N11O13/c1-22(2)18-29(40(63)48-26(10-7-8-16-44)37(60)49-28(13-15-35(57)58)39(62)53-31(43(66)67)20-24(5)6)51-38(61)27(12-14-33(46)55)50-41(64)32-11-9-17-54(32)42(65)30(19-23(3)4)52-36(59)25(45)21-34(47)56/h22-32H,7-21,44-45H2,1-6H3,(H2,46,55)(H2,47,56)(H,48,63)(H,49,60)(H,50,64)(H,51,61)(H,52,59)(H,53,62)(H,57,58)(H,66,67)/t25-,26-,27-,28-,29-,30-,31-,32-/m0/s1. The molecule has 1 fully saturated rings. The topological polar surface area (TPSA) is 408 Å². The molecule has 1 heterocycles. The van der Waals surface area contributed by atoms with Gasteiger partial charge in [-0.25, -0.2) is 4.79 Å².